The van der Waals surface area contributed by atoms with E-state index in [0.29, 0.717) is 0 Å². The smallest absolute Gasteiger partial charge is 0.160 e. The van der Waals surface area contributed by atoms with Gasteiger partial charge in [0.05, 0.1) is 28.4 Å². The third-order valence-corrected chi connectivity index (χ3v) is 4.10. The molecule has 0 aliphatic carbocycles. The Bertz CT molecular complexity index is 632. The van der Waals surface area contributed by atoms with Crippen LogP contribution in [0.3, 0.4) is 0 Å². The van der Waals surface area contributed by atoms with Gasteiger partial charge >= 0.3 is 0 Å². The minimum absolute atomic E-state index is 0.747. The molecule has 0 bridgehead atoms. The molecule has 0 radical (unpaired) electrons. The van der Waals surface area contributed by atoms with Crippen LogP contribution in [0.1, 0.15) is 11.1 Å². The molecule has 0 aliphatic heterocycles. The molecule has 0 atom stereocenters. The van der Waals surface area contributed by atoms with E-state index in [2.05, 4.69) is 10.9 Å². The second-order valence-corrected chi connectivity index (χ2v) is 5.73. The zero-order valence-corrected chi connectivity index (χ0v) is 15.9. The van der Waals surface area contributed by atoms with Crippen molar-refractivity contribution in [2.75, 3.05) is 41.5 Å². The van der Waals surface area contributed by atoms with Crippen molar-refractivity contribution in [3.63, 3.8) is 0 Å². The highest BCUT2D eigenvalue weighted by Crippen LogP contribution is 2.28. The average molecular weight is 360 g/mol. The van der Waals surface area contributed by atoms with Crippen LogP contribution in [0.4, 0.5) is 0 Å². The molecular weight excluding hydrogens is 332 g/mol. The van der Waals surface area contributed by atoms with Crippen molar-refractivity contribution in [3.8, 4) is 23.0 Å². The largest absolute Gasteiger partial charge is 0.493 e. The zero-order valence-electron chi connectivity index (χ0n) is 15.9. The van der Waals surface area contributed by atoms with E-state index in [-0.39, 0.29) is 0 Å². The van der Waals surface area contributed by atoms with Gasteiger partial charge in [0.15, 0.2) is 23.0 Å². The summed E-state index contributed by atoms with van der Waals surface area (Å²) in [5, 5.41) is 0. The van der Waals surface area contributed by atoms with Crippen LogP contribution in [0.2, 0.25) is 0 Å². The molecular formula is C20H28N2O4. The van der Waals surface area contributed by atoms with Gasteiger partial charge in [-0.05, 0) is 48.2 Å². The van der Waals surface area contributed by atoms with Gasteiger partial charge in [-0.15, -0.1) is 0 Å². The molecule has 0 aromatic heterocycles. The van der Waals surface area contributed by atoms with Crippen molar-refractivity contribution in [3.05, 3.63) is 47.5 Å². The molecule has 0 spiro atoms. The van der Waals surface area contributed by atoms with Gasteiger partial charge in [0.2, 0.25) is 0 Å². The number of hydrogen-bond acceptors (Lipinski definition) is 6. The predicted molar refractivity (Wildman–Crippen MR) is 103 cm³/mol. The lowest BCUT2D eigenvalue weighted by molar-refractivity contribution is 0.354. The van der Waals surface area contributed by atoms with Gasteiger partial charge < -0.3 is 18.9 Å². The standard InChI is InChI=1S/C20H28N2O4/c1-23-17-7-5-15(13-19(17)25-3)9-11-21-22-12-10-16-6-8-18(24-2)20(14-16)26-4/h5-8,13-14,21-22H,9-12H2,1-4H3. The van der Waals surface area contributed by atoms with Gasteiger partial charge in [-0.2, -0.15) is 0 Å². The highest BCUT2D eigenvalue weighted by Gasteiger charge is 2.05. The van der Waals surface area contributed by atoms with E-state index < -0.39 is 0 Å². The molecule has 2 rings (SSSR count). The maximum absolute atomic E-state index is 5.33. The maximum atomic E-state index is 5.33. The van der Waals surface area contributed by atoms with E-state index >= 15 is 0 Å². The Kier molecular flexibility index (Phi) is 8.05. The van der Waals surface area contributed by atoms with Gasteiger partial charge in [-0.3, -0.25) is 10.9 Å². The predicted octanol–water partition coefficient (Wildman–Crippen LogP) is 2.60. The van der Waals surface area contributed by atoms with Gasteiger partial charge in [-0.25, -0.2) is 0 Å². The summed E-state index contributed by atoms with van der Waals surface area (Å²) in [4.78, 5) is 0. The Labute approximate surface area is 155 Å². The lowest BCUT2D eigenvalue weighted by atomic mass is 10.1. The fourth-order valence-corrected chi connectivity index (χ4v) is 2.66. The van der Waals surface area contributed by atoms with Crippen LogP contribution in [0, 0.1) is 0 Å². The van der Waals surface area contributed by atoms with Crippen molar-refractivity contribution in [2.24, 2.45) is 0 Å². The summed E-state index contributed by atoms with van der Waals surface area (Å²) in [6, 6.07) is 12.0. The molecule has 6 nitrogen and oxygen atoms in total. The van der Waals surface area contributed by atoms with Gasteiger partial charge in [0, 0.05) is 13.1 Å². The van der Waals surface area contributed by atoms with Crippen LogP contribution in [-0.2, 0) is 12.8 Å². The Balaban J connectivity index is 1.71. The molecule has 6 heteroatoms. The number of nitrogens with one attached hydrogen (secondary N) is 2. The molecule has 0 unspecified atom stereocenters. The topological polar surface area (TPSA) is 61.0 Å². The molecule has 2 N–H and O–H groups in total. The van der Waals surface area contributed by atoms with Crippen molar-refractivity contribution < 1.29 is 18.9 Å². The molecule has 0 fully saturated rings. The third kappa shape index (κ3) is 5.54. The monoisotopic (exact) mass is 360 g/mol. The highest BCUT2D eigenvalue weighted by atomic mass is 16.5. The first-order valence-electron chi connectivity index (χ1n) is 8.59. The van der Waals surface area contributed by atoms with Crippen LogP contribution >= 0.6 is 0 Å². The molecule has 2 aromatic rings. The molecule has 0 saturated carbocycles. The summed E-state index contributed by atoms with van der Waals surface area (Å²) >= 11 is 0. The third-order valence-electron chi connectivity index (χ3n) is 4.10. The second-order valence-electron chi connectivity index (χ2n) is 5.73. The number of hydrogen-bond donors (Lipinski definition) is 2. The van der Waals surface area contributed by atoms with Crippen molar-refractivity contribution >= 4 is 0 Å². The molecule has 0 heterocycles. The Morgan fingerprint density at radius 2 is 0.962 bits per heavy atom. The van der Waals surface area contributed by atoms with E-state index in [0.717, 1.165) is 48.9 Å². The summed E-state index contributed by atoms with van der Waals surface area (Å²) in [6.07, 6.45) is 1.79. The Morgan fingerprint density at radius 3 is 1.31 bits per heavy atom. The zero-order chi connectivity index (χ0) is 18.8. The molecule has 0 saturated heterocycles. The summed E-state index contributed by atoms with van der Waals surface area (Å²) < 4.78 is 21.2. The normalized spacial score (nSPS) is 10.5. The molecule has 142 valence electrons. The van der Waals surface area contributed by atoms with E-state index in [1.165, 1.54) is 11.1 Å². The van der Waals surface area contributed by atoms with Gasteiger partial charge in [-0.1, -0.05) is 12.1 Å². The van der Waals surface area contributed by atoms with Crippen LogP contribution < -0.4 is 29.8 Å². The van der Waals surface area contributed by atoms with E-state index in [1.807, 2.05) is 36.4 Å². The first-order chi connectivity index (χ1) is 12.7. The van der Waals surface area contributed by atoms with E-state index in [1.54, 1.807) is 28.4 Å². The number of rotatable bonds is 11. The first-order valence-corrected chi connectivity index (χ1v) is 8.59. The summed E-state index contributed by atoms with van der Waals surface area (Å²) in [6.45, 7) is 1.64. The number of methoxy groups -OCH3 is 4. The molecule has 26 heavy (non-hydrogen) atoms. The van der Waals surface area contributed by atoms with Gasteiger partial charge in [0.25, 0.3) is 0 Å². The second kappa shape index (κ2) is 10.5. The Hall–Kier alpha value is -2.44. The lowest BCUT2D eigenvalue weighted by Gasteiger charge is -2.11. The average Bonchev–Trinajstić information content (AvgIpc) is 2.70. The number of hydrazine groups is 1. The fourth-order valence-electron chi connectivity index (χ4n) is 2.66. The summed E-state index contributed by atoms with van der Waals surface area (Å²) in [7, 11) is 6.58. The van der Waals surface area contributed by atoms with Crippen LogP contribution in [0.25, 0.3) is 0 Å². The van der Waals surface area contributed by atoms with Gasteiger partial charge in [0.1, 0.15) is 0 Å². The molecule has 2 aromatic carbocycles. The first kappa shape index (κ1) is 19.9. The van der Waals surface area contributed by atoms with Crippen LogP contribution in [0.15, 0.2) is 36.4 Å². The highest BCUT2D eigenvalue weighted by molar-refractivity contribution is 5.43. The lowest BCUT2D eigenvalue weighted by Crippen LogP contribution is -2.34. The fraction of sp³-hybridized carbons (Fsp3) is 0.400. The van der Waals surface area contributed by atoms with E-state index in [9.17, 15) is 0 Å². The number of ether oxygens (including phenoxy) is 4. The summed E-state index contributed by atoms with van der Waals surface area (Å²) in [5.41, 5.74) is 8.87. The quantitative estimate of drug-likeness (QED) is 0.474. The SMILES string of the molecule is COc1ccc(CCNNCCc2ccc(OC)c(OC)c2)cc1OC. The number of benzene rings is 2. The Morgan fingerprint density at radius 1 is 0.577 bits per heavy atom. The van der Waals surface area contributed by atoms with Crippen molar-refractivity contribution in [1.29, 1.82) is 0 Å². The maximum Gasteiger partial charge on any atom is 0.160 e. The minimum atomic E-state index is 0.747. The molecule has 0 amide bonds. The minimum Gasteiger partial charge on any atom is -0.493 e. The van der Waals surface area contributed by atoms with E-state index in [4.69, 9.17) is 18.9 Å². The molecule has 0 aliphatic rings. The summed E-state index contributed by atoms with van der Waals surface area (Å²) in [5.74, 6) is 3.01. The van der Waals surface area contributed by atoms with Crippen molar-refractivity contribution in [1.82, 2.24) is 10.9 Å². The van der Waals surface area contributed by atoms with Crippen molar-refractivity contribution in [2.45, 2.75) is 12.8 Å². The van der Waals surface area contributed by atoms with Crippen LogP contribution in [0.5, 0.6) is 23.0 Å². The van der Waals surface area contributed by atoms with Crippen LogP contribution in [-0.4, -0.2) is 41.5 Å².